The second kappa shape index (κ2) is 12.4. The molecular formula is C19H36O4. The van der Waals surface area contributed by atoms with E-state index in [9.17, 15) is 9.59 Å². The Morgan fingerprint density at radius 1 is 0.913 bits per heavy atom. The number of carbonyl (C=O) groups is 2. The lowest BCUT2D eigenvalue weighted by atomic mass is 9.90. The third-order valence-corrected chi connectivity index (χ3v) is 3.53. The van der Waals surface area contributed by atoms with Crippen molar-refractivity contribution >= 4 is 11.9 Å². The standard InChI is InChI=1S/C19H36O4/c1-6-7-8-9-10-11-14-22-17(20)12-13-18(21)23-16(2)15-19(3,4)5/h16H,6-15H2,1-5H3. The summed E-state index contributed by atoms with van der Waals surface area (Å²) in [5.74, 6) is -0.628. The van der Waals surface area contributed by atoms with Crippen LogP contribution >= 0.6 is 0 Å². The van der Waals surface area contributed by atoms with E-state index >= 15 is 0 Å². The summed E-state index contributed by atoms with van der Waals surface area (Å²) >= 11 is 0. The Kier molecular flexibility index (Phi) is 11.8. The molecule has 0 rings (SSSR count). The molecule has 0 aromatic rings. The first-order valence-electron chi connectivity index (χ1n) is 9.09. The summed E-state index contributed by atoms with van der Waals surface area (Å²) in [6.07, 6.45) is 7.85. The second-order valence-electron chi connectivity index (χ2n) is 7.55. The van der Waals surface area contributed by atoms with E-state index in [0.717, 1.165) is 19.3 Å². The molecule has 1 unspecified atom stereocenters. The maximum absolute atomic E-state index is 11.7. The van der Waals surface area contributed by atoms with Crippen LogP contribution < -0.4 is 0 Å². The van der Waals surface area contributed by atoms with Crippen LogP contribution in [0.3, 0.4) is 0 Å². The number of carbonyl (C=O) groups excluding carboxylic acids is 2. The van der Waals surface area contributed by atoms with Crippen LogP contribution in [-0.4, -0.2) is 24.6 Å². The highest BCUT2D eigenvalue weighted by Crippen LogP contribution is 2.22. The van der Waals surface area contributed by atoms with Gasteiger partial charge in [-0.1, -0.05) is 59.8 Å². The third kappa shape index (κ3) is 15.6. The quantitative estimate of drug-likeness (QED) is 0.372. The molecule has 4 nitrogen and oxygen atoms in total. The minimum absolute atomic E-state index is 0.101. The number of hydrogen-bond acceptors (Lipinski definition) is 4. The SMILES string of the molecule is CCCCCCCCOC(=O)CCC(=O)OC(C)CC(C)(C)C. The fourth-order valence-corrected chi connectivity index (χ4v) is 2.53. The van der Waals surface area contributed by atoms with Gasteiger partial charge in [-0.3, -0.25) is 9.59 Å². The molecule has 4 heteroatoms. The Hall–Kier alpha value is -1.06. The van der Waals surface area contributed by atoms with Gasteiger partial charge in [-0.25, -0.2) is 0 Å². The lowest BCUT2D eigenvalue weighted by Gasteiger charge is -2.23. The second-order valence-corrected chi connectivity index (χ2v) is 7.55. The van der Waals surface area contributed by atoms with Gasteiger partial charge in [-0.05, 0) is 25.2 Å². The van der Waals surface area contributed by atoms with Crippen molar-refractivity contribution in [3.8, 4) is 0 Å². The van der Waals surface area contributed by atoms with Gasteiger partial charge in [0.05, 0.1) is 25.6 Å². The molecule has 0 amide bonds. The first-order chi connectivity index (χ1) is 10.7. The van der Waals surface area contributed by atoms with Crippen molar-refractivity contribution in [2.75, 3.05) is 6.61 Å². The third-order valence-electron chi connectivity index (χ3n) is 3.53. The molecule has 0 radical (unpaired) electrons. The van der Waals surface area contributed by atoms with Crippen molar-refractivity contribution in [2.45, 2.75) is 98.5 Å². The molecular weight excluding hydrogens is 292 g/mol. The number of rotatable bonds is 12. The highest BCUT2D eigenvalue weighted by Gasteiger charge is 2.18. The Morgan fingerprint density at radius 3 is 2.09 bits per heavy atom. The largest absolute Gasteiger partial charge is 0.466 e. The molecule has 136 valence electrons. The van der Waals surface area contributed by atoms with Gasteiger partial charge in [0.2, 0.25) is 0 Å². The zero-order valence-corrected chi connectivity index (χ0v) is 15.8. The van der Waals surface area contributed by atoms with E-state index in [1.54, 1.807) is 0 Å². The van der Waals surface area contributed by atoms with Crippen LogP contribution in [0.4, 0.5) is 0 Å². The Bertz CT molecular complexity index is 331. The van der Waals surface area contributed by atoms with E-state index in [-0.39, 0.29) is 36.3 Å². The Balaban J connectivity index is 3.63. The van der Waals surface area contributed by atoms with Crippen LogP contribution in [0.2, 0.25) is 0 Å². The molecule has 0 aliphatic carbocycles. The van der Waals surface area contributed by atoms with Crippen molar-refractivity contribution < 1.29 is 19.1 Å². The van der Waals surface area contributed by atoms with Crippen LogP contribution in [0.1, 0.15) is 92.4 Å². The zero-order valence-electron chi connectivity index (χ0n) is 15.8. The summed E-state index contributed by atoms with van der Waals surface area (Å²) in [6, 6.07) is 0. The van der Waals surface area contributed by atoms with Crippen LogP contribution in [-0.2, 0) is 19.1 Å². The van der Waals surface area contributed by atoms with Crippen molar-refractivity contribution in [1.29, 1.82) is 0 Å². The normalized spacial score (nSPS) is 12.7. The molecule has 0 heterocycles. The summed E-state index contributed by atoms with van der Waals surface area (Å²) in [7, 11) is 0. The molecule has 0 N–H and O–H groups in total. The topological polar surface area (TPSA) is 52.6 Å². The molecule has 0 fully saturated rings. The zero-order chi connectivity index (χ0) is 17.7. The first-order valence-corrected chi connectivity index (χ1v) is 9.09. The molecule has 0 aromatic carbocycles. The predicted octanol–water partition coefficient (Wildman–Crippen LogP) is 5.04. The molecule has 23 heavy (non-hydrogen) atoms. The van der Waals surface area contributed by atoms with E-state index in [1.807, 2.05) is 6.92 Å². The van der Waals surface area contributed by atoms with Crippen LogP contribution in [0.15, 0.2) is 0 Å². The van der Waals surface area contributed by atoms with Gasteiger partial charge in [0, 0.05) is 0 Å². The van der Waals surface area contributed by atoms with Gasteiger partial charge in [0.1, 0.15) is 0 Å². The molecule has 0 spiro atoms. The molecule has 0 bridgehead atoms. The maximum atomic E-state index is 11.7. The molecule has 0 aromatic heterocycles. The maximum Gasteiger partial charge on any atom is 0.306 e. The van der Waals surface area contributed by atoms with Crippen molar-refractivity contribution in [1.82, 2.24) is 0 Å². The Morgan fingerprint density at radius 2 is 1.48 bits per heavy atom. The van der Waals surface area contributed by atoms with Crippen LogP contribution in [0.5, 0.6) is 0 Å². The fraction of sp³-hybridized carbons (Fsp3) is 0.895. The number of hydrogen-bond donors (Lipinski definition) is 0. The summed E-state index contributed by atoms with van der Waals surface area (Å²) in [5, 5.41) is 0. The average molecular weight is 328 g/mol. The van der Waals surface area contributed by atoms with Crippen molar-refractivity contribution in [2.24, 2.45) is 5.41 Å². The molecule has 0 saturated heterocycles. The first kappa shape index (κ1) is 21.9. The van der Waals surface area contributed by atoms with Gasteiger partial charge in [-0.2, -0.15) is 0 Å². The highest BCUT2D eigenvalue weighted by molar-refractivity contribution is 5.77. The minimum atomic E-state index is -0.321. The highest BCUT2D eigenvalue weighted by atomic mass is 16.5. The van der Waals surface area contributed by atoms with E-state index in [2.05, 4.69) is 27.7 Å². The van der Waals surface area contributed by atoms with Crippen molar-refractivity contribution in [3.05, 3.63) is 0 Å². The van der Waals surface area contributed by atoms with E-state index in [1.165, 1.54) is 25.7 Å². The number of esters is 2. The summed E-state index contributed by atoms with van der Waals surface area (Å²) in [5.41, 5.74) is 0.121. The molecule has 0 saturated carbocycles. The molecule has 0 aliphatic rings. The molecule has 0 aliphatic heterocycles. The van der Waals surface area contributed by atoms with Gasteiger partial charge >= 0.3 is 11.9 Å². The van der Waals surface area contributed by atoms with Gasteiger partial charge in [-0.15, -0.1) is 0 Å². The fourth-order valence-electron chi connectivity index (χ4n) is 2.53. The van der Waals surface area contributed by atoms with Crippen LogP contribution in [0, 0.1) is 5.41 Å². The average Bonchev–Trinajstić information content (AvgIpc) is 2.42. The summed E-state index contributed by atoms with van der Waals surface area (Å²) in [6.45, 7) is 10.9. The number of unbranched alkanes of at least 4 members (excludes halogenated alkanes) is 5. The smallest absolute Gasteiger partial charge is 0.306 e. The molecule has 1 atom stereocenters. The van der Waals surface area contributed by atoms with E-state index in [4.69, 9.17) is 9.47 Å². The minimum Gasteiger partial charge on any atom is -0.466 e. The summed E-state index contributed by atoms with van der Waals surface area (Å²) < 4.78 is 10.4. The van der Waals surface area contributed by atoms with Crippen molar-refractivity contribution in [3.63, 3.8) is 0 Å². The monoisotopic (exact) mass is 328 g/mol. The van der Waals surface area contributed by atoms with Gasteiger partial charge in [0.15, 0.2) is 0 Å². The number of ether oxygens (including phenoxy) is 2. The lowest BCUT2D eigenvalue weighted by molar-refractivity contribution is -0.154. The van der Waals surface area contributed by atoms with Crippen LogP contribution in [0.25, 0.3) is 0 Å². The Labute approximate surface area is 142 Å². The van der Waals surface area contributed by atoms with E-state index < -0.39 is 0 Å². The lowest BCUT2D eigenvalue weighted by Crippen LogP contribution is -2.21. The predicted molar refractivity (Wildman–Crippen MR) is 93.2 cm³/mol. The summed E-state index contributed by atoms with van der Waals surface area (Å²) in [4.78, 5) is 23.3. The van der Waals surface area contributed by atoms with Gasteiger partial charge in [0.25, 0.3) is 0 Å². The van der Waals surface area contributed by atoms with Gasteiger partial charge < -0.3 is 9.47 Å². The van der Waals surface area contributed by atoms with E-state index in [0.29, 0.717) is 6.61 Å².